The van der Waals surface area contributed by atoms with Crippen LogP contribution < -0.4 is 4.90 Å². The molecule has 6 rings (SSSR count). The largest absolute Gasteiger partial charge is 0.385 e. The molecule has 0 radical (unpaired) electrons. The van der Waals surface area contributed by atoms with Gasteiger partial charge in [0.1, 0.15) is 0 Å². The minimum Gasteiger partial charge on any atom is -0.385 e. The molecule has 9 heteroatoms. The van der Waals surface area contributed by atoms with Gasteiger partial charge in [0.25, 0.3) is 5.91 Å². The van der Waals surface area contributed by atoms with Gasteiger partial charge in [0, 0.05) is 55.4 Å². The number of benzene rings is 2. The molecule has 4 aromatic rings. The van der Waals surface area contributed by atoms with Crippen molar-refractivity contribution in [1.82, 2.24) is 24.4 Å². The zero-order valence-corrected chi connectivity index (χ0v) is 24.5. The summed E-state index contributed by atoms with van der Waals surface area (Å²) in [6, 6.07) is 20.0. The molecule has 2 fully saturated rings. The van der Waals surface area contributed by atoms with E-state index < -0.39 is 5.60 Å². The van der Waals surface area contributed by atoms with E-state index in [1.54, 1.807) is 0 Å². The molecular formula is C32H37ClN6O2. The van der Waals surface area contributed by atoms with E-state index in [2.05, 4.69) is 30.0 Å². The van der Waals surface area contributed by atoms with Gasteiger partial charge in [0.2, 0.25) is 0 Å². The van der Waals surface area contributed by atoms with Crippen LogP contribution in [0.2, 0.25) is 5.02 Å². The Balaban J connectivity index is 1.11. The zero-order chi connectivity index (χ0) is 28.6. The highest BCUT2D eigenvalue weighted by Gasteiger charge is 2.34. The van der Waals surface area contributed by atoms with Crippen LogP contribution in [0, 0.1) is 0 Å². The number of anilines is 1. The standard InChI is InChI=1S/C32H37ClN6O2/c1-36(2)27-13-18-38(19-14-27)31(40)24-7-5-23(6-8-24)22-29-34-30-28(4-3-17-39(30)35-29)37-20-15-32(41,16-21-37)25-9-11-26(33)12-10-25/h3-12,17,27,41H,13-16,18-22H2,1-2H3. The molecule has 0 saturated carbocycles. The van der Waals surface area contributed by atoms with Crippen molar-refractivity contribution in [2.45, 2.75) is 43.7 Å². The Morgan fingerprint density at radius 1 is 1.00 bits per heavy atom. The summed E-state index contributed by atoms with van der Waals surface area (Å²) >= 11 is 6.05. The van der Waals surface area contributed by atoms with Crippen molar-refractivity contribution in [3.8, 4) is 0 Å². The topological polar surface area (TPSA) is 77.2 Å². The monoisotopic (exact) mass is 572 g/mol. The minimum absolute atomic E-state index is 0.105. The van der Waals surface area contributed by atoms with Gasteiger partial charge >= 0.3 is 0 Å². The van der Waals surface area contributed by atoms with Crippen molar-refractivity contribution in [2.24, 2.45) is 0 Å². The summed E-state index contributed by atoms with van der Waals surface area (Å²) in [5, 5.41) is 16.7. The fourth-order valence-electron chi connectivity index (χ4n) is 6.14. The molecule has 2 aromatic heterocycles. The van der Waals surface area contributed by atoms with Gasteiger partial charge in [-0.3, -0.25) is 4.79 Å². The average molecular weight is 573 g/mol. The first-order valence-corrected chi connectivity index (χ1v) is 14.8. The number of fused-ring (bicyclic) bond motifs is 1. The second-order valence-corrected chi connectivity index (χ2v) is 12.0. The molecule has 8 nitrogen and oxygen atoms in total. The molecule has 2 saturated heterocycles. The first kappa shape index (κ1) is 27.7. The van der Waals surface area contributed by atoms with E-state index in [1.807, 2.05) is 70.2 Å². The number of nitrogens with zero attached hydrogens (tertiary/aromatic N) is 6. The van der Waals surface area contributed by atoms with Crippen LogP contribution in [0.15, 0.2) is 66.9 Å². The number of amides is 1. The summed E-state index contributed by atoms with van der Waals surface area (Å²) in [7, 11) is 4.22. The normalized spacial score (nSPS) is 17.9. The summed E-state index contributed by atoms with van der Waals surface area (Å²) in [6.45, 7) is 3.02. The van der Waals surface area contributed by atoms with Crippen molar-refractivity contribution in [3.05, 3.63) is 94.4 Å². The lowest BCUT2D eigenvalue weighted by Gasteiger charge is -2.39. The molecule has 2 aliphatic heterocycles. The highest BCUT2D eigenvalue weighted by molar-refractivity contribution is 6.30. The molecule has 2 aliphatic rings. The quantitative estimate of drug-likeness (QED) is 0.363. The lowest BCUT2D eigenvalue weighted by molar-refractivity contribution is 0.0118. The smallest absolute Gasteiger partial charge is 0.253 e. The highest BCUT2D eigenvalue weighted by Crippen LogP contribution is 2.36. The number of carbonyl (C=O) groups is 1. The van der Waals surface area contributed by atoms with Crippen molar-refractivity contribution in [2.75, 3.05) is 45.2 Å². The fourth-order valence-corrected chi connectivity index (χ4v) is 6.27. The van der Waals surface area contributed by atoms with Crippen LogP contribution in [-0.2, 0) is 12.0 Å². The molecule has 0 aliphatic carbocycles. The number of hydrogen-bond donors (Lipinski definition) is 1. The van der Waals surface area contributed by atoms with Crippen molar-refractivity contribution in [3.63, 3.8) is 0 Å². The van der Waals surface area contributed by atoms with Crippen molar-refractivity contribution < 1.29 is 9.90 Å². The molecule has 0 unspecified atom stereocenters. The molecule has 0 atom stereocenters. The number of hydrogen-bond acceptors (Lipinski definition) is 6. The molecule has 1 N–H and O–H groups in total. The zero-order valence-electron chi connectivity index (χ0n) is 23.7. The maximum Gasteiger partial charge on any atom is 0.253 e. The minimum atomic E-state index is -0.860. The number of carbonyl (C=O) groups excluding carboxylic acids is 1. The van der Waals surface area contributed by atoms with Gasteiger partial charge < -0.3 is 19.8 Å². The van der Waals surface area contributed by atoms with Gasteiger partial charge in [0.05, 0.1) is 11.3 Å². The third-order valence-corrected chi connectivity index (χ3v) is 9.00. The van der Waals surface area contributed by atoms with Crippen LogP contribution in [0.4, 0.5) is 5.69 Å². The van der Waals surface area contributed by atoms with Gasteiger partial charge in [-0.2, -0.15) is 5.10 Å². The molecule has 214 valence electrons. The van der Waals surface area contributed by atoms with Crippen LogP contribution >= 0.6 is 11.6 Å². The maximum atomic E-state index is 13.0. The van der Waals surface area contributed by atoms with Crippen LogP contribution in [-0.4, -0.2) is 81.7 Å². The predicted octanol–water partition coefficient (Wildman–Crippen LogP) is 4.63. The molecule has 0 spiro atoms. The summed E-state index contributed by atoms with van der Waals surface area (Å²) in [5.74, 6) is 0.839. The van der Waals surface area contributed by atoms with E-state index >= 15 is 0 Å². The first-order chi connectivity index (χ1) is 19.8. The van der Waals surface area contributed by atoms with E-state index in [0.717, 1.165) is 59.8 Å². The maximum absolute atomic E-state index is 13.0. The van der Waals surface area contributed by atoms with Gasteiger partial charge in [0.15, 0.2) is 11.5 Å². The number of piperidine rings is 2. The lowest BCUT2D eigenvalue weighted by atomic mass is 9.84. The predicted molar refractivity (Wildman–Crippen MR) is 162 cm³/mol. The van der Waals surface area contributed by atoms with Gasteiger partial charge in [-0.05, 0) is 87.3 Å². The SMILES string of the molecule is CN(C)C1CCN(C(=O)c2ccc(Cc3nc4c(N5CCC(O)(c6ccc(Cl)cc6)CC5)cccn4n3)cc2)CC1. The van der Waals surface area contributed by atoms with Crippen LogP contribution in [0.3, 0.4) is 0 Å². The molecule has 4 heterocycles. The Bertz CT molecular complexity index is 1500. The number of likely N-dealkylation sites (tertiary alicyclic amines) is 1. The third kappa shape index (κ3) is 5.82. The second kappa shape index (κ2) is 11.4. The lowest BCUT2D eigenvalue weighted by Crippen LogP contribution is -2.44. The molecule has 0 bridgehead atoms. The Labute approximate surface area is 246 Å². The van der Waals surface area contributed by atoms with Gasteiger partial charge in [-0.25, -0.2) is 9.50 Å². The van der Waals surface area contributed by atoms with E-state index in [-0.39, 0.29) is 5.91 Å². The van der Waals surface area contributed by atoms with Crippen LogP contribution in [0.5, 0.6) is 0 Å². The average Bonchev–Trinajstić information content (AvgIpc) is 3.41. The molecule has 2 aromatic carbocycles. The van der Waals surface area contributed by atoms with E-state index in [0.29, 0.717) is 43.4 Å². The molecule has 1 amide bonds. The van der Waals surface area contributed by atoms with E-state index in [4.69, 9.17) is 21.7 Å². The van der Waals surface area contributed by atoms with Crippen molar-refractivity contribution >= 4 is 28.8 Å². The first-order valence-electron chi connectivity index (χ1n) is 14.4. The van der Waals surface area contributed by atoms with Gasteiger partial charge in [-0.1, -0.05) is 35.9 Å². The summed E-state index contributed by atoms with van der Waals surface area (Å²) in [6.07, 6.45) is 5.77. The highest BCUT2D eigenvalue weighted by atomic mass is 35.5. The Morgan fingerprint density at radius 3 is 2.34 bits per heavy atom. The number of aliphatic hydroxyl groups is 1. The number of rotatable bonds is 6. The van der Waals surface area contributed by atoms with E-state index in [1.165, 1.54) is 0 Å². The number of halogens is 1. The Hall–Kier alpha value is -3.46. The van der Waals surface area contributed by atoms with Crippen LogP contribution in [0.25, 0.3) is 5.65 Å². The Kier molecular flexibility index (Phi) is 7.72. The summed E-state index contributed by atoms with van der Waals surface area (Å²) in [5.41, 5.74) is 3.67. The molecule has 41 heavy (non-hydrogen) atoms. The van der Waals surface area contributed by atoms with Crippen molar-refractivity contribution in [1.29, 1.82) is 0 Å². The number of pyridine rings is 1. The fraction of sp³-hybridized carbons (Fsp3) is 0.406. The van der Waals surface area contributed by atoms with E-state index in [9.17, 15) is 9.90 Å². The summed E-state index contributed by atoms with van der Waals surface area (Å²) in [4.78, 5) is 24.4. The van der Waals surface area contributed by atoms with Crippen LogP contribution in [0.1, 0.15) is 53.0 Å². The molecular weight excluding hydrogens is 536 g/mol. The summed E-state index contributed by atoms with van der Waals surface area (Å²) < 4.78 is 1.83. The third-order valence-electron chi connectivity index (χ3n) is 8.74. The second-order valence-electron chi connectivity index (χ2n) is 11.6. The van der Waals surface area contributed by atoms with Gasteiger partial charge in [-0.15, -0.1) is 0 Å². The number of aromatic nitrogens is 3. The Morgan fingerprint density at radius 2 is 1.68 bits per heavy atom.